The van der Waals surface area contributed by atoms with Gasteiger partial charge in [-0.25, -0.2) is 4.79 Å². The molecule has 2 aromatic heterocycles. The first-order valence-corrected chi connectivity index (χ1v) is 6.44. The van der Waals surface area contributed by atoms with Crippen molar-refractivity contribution in [3.8, 4) is 0 Å². The number of anilines is 2. The van der Waals surface area contributed by atoms with Gasteiger partial charge in [0.25, 0.3) is 0 Å². The normalized spacial score (nSPS) is 11.6. The van der Waals surface area contributed by atoms with Crippen LogP contribution in [0.1, 0.15) is 25.1 Å². The number of fused-ring (bicyclic) bond motifs is 1. The summed E-state index contributed by atoms with van der Waals surface area (Å²) >= 11 is 0. The largest absolute Gasteiger partial charge is 0.465 e. The number of nitrogens with two attached hydrogens (primary N) is 1. The maximum absolute atomic E-state index is 10.8. The van der Waals surface area contributed by atoms with E-state index in [0.717, 1.165) is 16.9 Å². The smallest absolute Gasteiger partial charge is 0.405 e. The third-order valence-corrected chi connectivity index (χ3v) is 3.37. The summed E-state index contributed by atoms with van der Waals surface area (Å²) in [7, 11) is 0. The predicted octanol–water partition coefficient (Wildman–Crippen LogP) is 0.781. The van der Waals surface area contributed by atoms with Crippen molar-refractivity contribution < 1.29 is 9.90 Å². The van der Waals surface area contributed by atoms with Gasteiger partial charge < -0.3 is 21.5 Å². The van der Waals surface area contributed by atoms with Gasteiger partial charge in [-0.05, 0) is 43.7 Å². The highest BCUT2D eigenvalue weighted by molar-refractivity contribution is 5.82. The summed E-state index contributed by atoms with van der Waals surface area (Å²) in [5.74, 6) is 0. The van der Waals surface area contributed by atoms with Crippen LogP contribution in [0, 0.1) is 13.8 Å². The summed E-state index contributed by atoms with van der Waals surface area (Å²) in [4.78, 5) is 10.8. The van der Waals surface area contributed by atoms with E-state index in [1.807, 2.05) is 13.8 Å². The zero-order chi connectivity index (χ0) is 15.8. The molecule has 2 rings (SSSR count). The molecule has 2 aromatic rings. The Morgan fingerprint density at radius 3 is 2.71 bits per heavy atom. The Morgan fingerprint density at radius 1 is 1.43 bits per heavy atom. The highest BCUT2D eigenvalue weighted by Gasteiger charge is 2.22. The second kappa shape index (κ2) is 5.08. The van der Waals surface area contributed by atoms with Crippen molar-refractivity contribution in [2.24, 2.45) is 0 Å². The van der Waals surface area contributed by atoms with Crippen molar-refractivity contribution in [2.75, 3.05) is 17.6 Å². The molecule has 9 nitrogen and oxygen atoms in total. The quantitative estimate of drug-likeness (QED) is 0.655. The average Bonchev–Trinajstić information content (AvgIpc) is 2.83. The molecule has 0 saturated carbocycles. The Labute approximate surface area is 121 Å². The molecule has 0 spiro atoms. The Balaban J connectivity index is 2.32. The zero-order valence-electron chi connectivity index (χ0n) is 12.4. The summed E-state index contributed by atoms with van der Waals surface area (Å²) in [5.41, 5.74) is 8.88. The van der Waals surface area contributed by atoms with Crippen molar-refractivity contribution in [1.29, 1.82) is 0 Å². The molecule has 0 bridgehead atoms. The van der Waals surface area contributed by atoms with Crippen LogP contribution in [0.25, 0.3) is 5.65 Å². The lowest BCUT2D eigenvalue weighted by Crippen LogP contribution is -2.47. The van der Waals surface area contributed by atoms with Crippen LogP contribution in [-0.2, 0) is 0 Å². The van der Waals surface area contributed by atoms with Gasteiger partial charge in [-0.1, -0.05) is 0 Å². The highest BCUT2D eigenvalue weighted by atomic mass is 16.4. The molecule has 0 radical (unpaired) electrons. The maximum atomic E-state index is 10.8. The third-order valence-electron chi connectivity index (χ3n) is 3.37. The molecule has 114 valence electrons. The second-order valence-electron chi connectivity index (χ2n) is 5.58. The Kier molecular flexibility index (Phi) is 3.58. The maximum Gasteiger partial charge on any atom is 0.405 e. The van der Waals surface area contributed by atoms with E-state index in [1.54, 1.807) is 18.4 Å². The van der Waals surface area contributed by atoms with Crippen molar-refractivity contribution in [1.82, 2.24) is 25.4 Å². The van der Waals surface area contributed by atoms with Gasteiger partial charge in [-0.15, -0.1) is 5.10 Å². The lowest BCUT2D eigenvalue weighted by atomic mass is 10.1. The topological polar surface area (TPSA) is 130 Å². The van der Waals surface area contributed by atoms with E-state index in [2.05, 4.69) is 26.2 Å². The number of aromatic nitrogens is 4. The molecule has 0 atom stereocenters. The fourth-order valence-corrected chi connectivity index (χ4v) is 2.11. The first-order chi connectivity index (χ1) is 9.73. The number of pyridine rings is 1. The van der Waals surface area contributed by atoms with E-state index in [9.17, 15) is 4.79 Å². The van der Waals surface area contributed by atoms with E-state index < -0.39 is 11.6 Å². The van der Waals surface area contributed by atoms with Crippen LogP contribution in [0.2, 0.25) is 0 Å². The van der Waals surface area contributed by atoms with Crippen molar-refractivity contribution in [2.45, 2.75) is 33.2 Å². The Bertz CT molecular complexity index is 692. The number of carbonyl (C=O) groups is 1. The van der Waals surface area contributed by atoms with Gasteiger partial charge in [0.2, 0.25) is 5.65 Å². The van der Waals surface area contributed by atoms with Crippen LogP contribution in [0.15, 0.2) is 0 Å². The number of carboxylic acid groups (broad SMARTS) is 1. The van der Waals surface area contributed by atoms with Gasteiger partial charge >= 0.3 is 6.09 Å². The fourth-order valence-electron chi connectivity index (χ4n) is 2.11. The van der Waals surface area contributed by atoms with Crippen LogP contribution in [0.4, 0.5) is 16.2 Å². The molecule has 0 aromatic carbocycles. The number of aryl methyl sites for hydroxylation is 1. The van der Waals surface area contributed by atoms with Crippen molar-refractivity contribution >= 4 is 23.1 Å². The summed E-state index contributed by atoms with van der Waals surface area (Å²) in [6.45, 7) is 7.74. The van der Waals surface area contributed by atoms with Gasteiger partial charge in [0.1, 0.15) is 5.69 Å². The molecule has 0 fully saturated rings. The predicted molar refractivity (Wildman–Crippen MR) is 78.4 cm³/mol. The molecule has 0 aliphatic rings. The van der Waals surface area contributed by atoms with E-state index >= 15 is 0 Å². The lowest BCUT2D eigenvalue weighted by molar-refractivity contribution is 0.183. The first kappa shape index (κ1) is 14.8. The number of rotatable bonds is 4. The third kappa shape index (κ3) is 2.81. The van der Waals surface area contributed by atoms with Crippen molar-refractivity contribution in [3.63, 3.8) is 0 Å². The molecular weight excluding hydrogens is 274 g/mol. The SMILES string of the molecule is Cc1c(NCC(C)(C)NC(=O)O)c(N)c2nnnn2c1C. The minimum atomic E-state index is -1.07. The first-order valence-electron chi connectivity index (χ1n) is 6.44. The number of hydrogen-bond acceptors (Lipinski definition) is 6. The second-order valence-corrected chi connectivity index (χ2v) is 5.58. The van der Waals surface area contributed by atoms with E-state index in [0.29, 0.717) is 17.9 Å². The number of hydrogen-bond donors (Lipinski definition) is 4. The number of nitrogens with one attached hydrogen (secondary N) is 2. The van der Waals surface area contributed by atoms with Gasteiger partial charge in [0, 0.05) is 12.2 Å². The molecule has 0 aliphatic carbocycles. The number of amides is 1. The van der Waals surface area contributed by atoms with Crippen LogP contribution >= 0.6 is 0 Å². The number of tetrazole rings is 1. The fraction of sp³-hybridized carbons (Fsp3) is 0.500. The van der Waals surface area contributed by atoms with Gasteiger partial charge in [0.15, 0.2) is 0 Å². The minimum absolute atomic E-state index is 0.377. The molecule has 1 amide bonds. The zero-order valence-corrected chi connectivity index (χ0v) is 12.4. The van der Waals surface area contributed by atoms with E-state index in [-0.39, 0.29) is 0 Å². The molecule has 5 N–H and O–H groups in total. The Morgan fingerprint density at radius 2 is 2.10 bits per heavy atom. The molecule has 21 heavy (non-hydrogen) atoms. The summed E-state index contributed by atoms with van der Waals surface area (Å²) < 4.78 is 1.58. The average molecular weight is 293 g/mol. The molecule has 0 aliphatic heterocycles. The summed E-state index contributed by atoms with van der Waals surface area (Å²) in [6.07, 6.45) is -1.07. The number of nitrogen functional groups attached to an aromatic ring is 1. The summed E-state index contributed by atoms with van der Waals surface area (Å²) in [5, 5.41) is 25.9. The van der Waals surface area contributed by atoms with Crippen LogP contribution in [0.3, 0.4) is 0 Å². The lowest BCUT2D eigenvalue weighted by Gasteiger charge is -2.26. The van der Waals surface area contributed by atoms with E-state index in [1.165, 1.54) is 0 Å². The van der Waals surface area contributed by atoms with Gasteiger partial charge in [0.05, 0.1) is 11.2 Å². The van der Waals surface area contributed by atoms with Crippen molar-refractivity contribution in [3.05, 3.63) is 11.3 Å². The molecule has 0 saturated heterocycles. The van der Waals surface area contributed by atoms with Crippen LogP contribution < -0.4 is 16.4 Å². The number of nitrogens with zero attached hydrogens (tertiary/aromatic N) is 4. The monoisotopic (exact) mass is 293 g/mol. The van der Waals surface area contributed by atoms with Crippen LogP contribution in [-0.4, -0.2) is 43.3 Å². The summed E-state index contributed by atoms with van der Waals surface area (Å²) in [6, 6.07) is 0. The minimum Gasteiger partial charge on any atom is -0.465 e. The Hall–Kier alpha value is -2.58. The standard InChI is InChI=1S/C12H19N7O2/c1-6-7(2)19-10(16-17-18-19)8(13)9(6)14-5-12(3,4)15-11(20)21/h14-15H,5,13H2,1-4H3,(H,20,21). The van der Waals surface area contributed by atoms with Crippen LogP contribution in [0.5, 0.6) is 0 Å². The molecule has 2 heterocycles. The van der Waals surface area contributed by atoms with Gasteiger partial charge in [-0.2, -0.15) is 4.52 Å². The molecular formula is C12H19N7O2. The molecule has 0 unspecified atom stereocenters. The van der Waals surface area contributed by atoms with E-state index in [4.69, 9.17) is 10.8 Å². The molecule has 9 heteroatoms. The highest BCUT2D eigenvalue weighted by Crippen LogP contribution is 2.29. The van der Waals surface area contributed by atoms with Gasteiger partial charge in [-0.3, -0.25) is 0 Å².